The minimum Gasteiger partial charge on any atom is -0.359 e. The van der Waals surface area contributed by atoms with E-state index in [4.69, 9.17) is 9.47 Å². The lowest BCUT2D eigenvalue weighted by molar-refractivity contribution is -0.161. The van der Waals surface area contributed by atoms with E-state index >= 15 is 0 Å². The van der Waals surface area contributed by atoms with E-state index in [0.29, 0.717) is 19.3 Å². The first-order valence-electron chi connectivity index (χ1n) is 6.01. The van der Waals surface area contributed by atoms with Crippen LogP contribution in [0.4, 0.5) is 0 Å². The molecule has 1 saturated carbocycles. The highest BCUT2D eigenvalue weighted by atomic mass is 16.7. The number of ether oxygens (including phenoxy) is 2. The normalized spacial score (nSPS) is 29.5. The molecule has 1 atom stereocenters. The molecule has 0 spiro atoms. The second-order valence-electron chi connectivity index (χ2n) is 4.68. The van der Waals surface area contributed by atoms with Gasteiger partial charge in [0.15, 0.2) is 17.2 Å². The highest BCUT2D eigenvalue weighted by Gasteiger charge is 2.48. The van der Waals surface area contributed by atoms with Gasteiger partial charge in [0.25, 0.3) is 0 Å². The van der Waals surface area contributed by atoms with Crippen LogP contribution >= 0.6 is 0 Å². The van der Waals surface area contributed by atoms with E-state index in [2.05, 4.69) is 0 Å². The van der Waals surface area contributed by atoms with E-state index in [1.165, 1.54) is 7.11 Å². The van der Waals surface area contributed by atoms with Gasteiger partial charge in [-0.25, -0.2) is 0 Å². The summed E-state index contributed by atoms with van der Waals surface area (Å²) < 4.78 is 10.6. The van der Waals surface area contributed by atoms with E-state index in [-0.39, 0.29) is 18.4 Å². The Morgan fingerprint density at radius 2 is 2.00 bits per heavy atom. The molecule has 17 heavy (non-hydrogen) atoms. The molecule has 0 heterocycles. The van der Waals surface area contributed by atoms with Crippen LogP contribution in [0.3, 0.4) is 0 Å². The van der Waals surface area contributed by atoms with Gasteiger partial charge in [-0.15, -0.1) is 0 Å². The number of methoxy groups -OCH3 is 1. The maximum Gasteiger partial charge on any atom is 0.169 e. The Morgan fingerprint density at radius 3 is 2.71 bits per heavy atom. The molecule has 0 aromatic heterocycles. The maximum absolute atomic E-state index is 12.2. The van der Waals surface area contributed by atoms with Crippen molar-refractivity contribution >= 4 is 11.6 Å². The van der Waals surface area contributed by atoms with Gasteiger partial charge < -0.3 is 9.47 Å². The molecule has 0 unspecified atom stereocenters. The van der Waals surface area contributed by atoms with Crippen molar-refractivity contribution in [3.63, 3.8) is 0 Å². The zero-order chi connectivity index (χ0) is 12.5. The molecular formula is C13H18O4. The fourth-order valence-electron chi connectivity index (χ4n) is 2.82. The number of carbonyl (C=O) groups excluding carboxylic acids is 2. The molecule has 0 radical (unpaired) electrons. The Morgan fingerprint density at radius 1 is 1.24 bits per heavy atom. The molecule has 0 bridgehead atoms. The van der Waals surface area contributed by atoms with Gasteiger partial charge in [-0.2, -0.15) is 0 Å². The molecule has 0 aliphatic heterocycles. The van der Waals surface area contributed by atoms with E-state index in [0.717, 1.165) is 24.0 Å². The van der Waals surface area contributed by atoms with Crippen LogP contribution in [0, 0.1) is 0 Å². The summed E-state index contributed by atoms with van der Waals surface area (Å²) in [5.74, 6) is 0.244. The number of allylic oxidation sites excluding steroid dienone is 1. The van der Waals surface area contributed by atoms with Gasteiger partial charge in [0.05, 0.1) is 0 Å². The summed E-state index contributed by atoms with van der Waals surface area (Å²) in [6, 6.07) is 0. The fraction of sp³-hybridized carbons (Fsp3) is 0.692. The number of ketones is 2. The second-order valence-corrected chi connectivity index (χ2v) is 4.68. The van der Waals surface area contributed by atoms with Crippen molar-refractivity contribution in [3.8, 4) is 0 Å². The number of Topliss-reactive ketones (excluding diaryl/α,β-unsaturated/α-hetero) is 2. The fourth-order valence-corrected chi connectivity index (χ4v) is 2.82. The largest absolute Gasteiger partial charge is 0.359 e. The van der Waals surface area contributed by atoms with Crippen LogP contribution < -0.4 is 0 Å². The van der Waals surface area contributed by atoms with Crippen LogP contribution in [0.1, 0.15) is 39.0 Å². The Balaban J connectivity index is 2.40. The van der Waals surface area contributed by atoms with Gasteiger partial charge in [0.1, 0.15) is 6.79 Å². The lowest BCUT2D eigenvalue weighted by Gasteiger charge is -2.41. The summed E-state index contributed by atoms with van der Waals surface area (Å²) in [5, 5.41) is 0. The van der Waals surface area contributed by atoms with E-state index in [1.54, 1.807) is 6.92 Å². The molecule has 0 saturated heterocycles. The average molecular weight is 238 g/mol. The number of carbonyl (C=O) groups is 2. The zero-order valence-electron chi connectivity index (χ0n) is 10.4. The summed E-state index contributed by atoms with van der Waals surface area (Å²) in [6.45, 7) is 1.90. The minimum atomic E-state index is -0.869. The predicted molar refractivity (Wildman–Crippen MR) is 61.5 cm³/mol. The third kappa shape index (κ3) is 1.96. The van der Waals surface area contributed by atoms with Gasteiger partial charge in [-0.05, 0) is 37.3 Å². The first-order valence-corrected chi connectivity index (χ1v) is 6.01. The Kier molecular flexibility index (Phi) is 3.45. The van der Waals surface area contributed by atoms with E-state index in [9.17, 15) is 9.59 Å². The highest BCUT2D eigenvalue weighted by molar-refractivity contribution is 6.02. The SMILES string of the molecule is COCO[C@]12CCC(=O)C(C)=C1CCCC2=O. The summed E-state index contributed by atoms with van der Waals surface area (Å²) in [6.07, 6.45) is 3.00. The second kappa shape index (κ2) is 4.70. The smallest absolute Gasteiger partial charge is 0.169 e. The number of rotatable bonds is 3. The van der Waals surface area contributed by atoms with Crippen molar-refractivity contribution in [2.24, 2.45) is 0 Å². The molecule has 0 N–H and O–H groups in total. The third-order valence-corrected chi connectivity index (χ3v) is 3.77. The molecule has 94 valence electrons. The maximum atomic E-state index is 12.2. The predicted octanol–water partition coefficient (Wildman–Crippen LogP) is 1.78. The van der Waals surface area contributed by atoms with Crippen LogP contribution in [0.2, 0.25) is 0 Å². The molecule has 2 aliphatic rings. The topological polar surface area (TPSA) is 52.6 Å². The van der Waals surface area contributed by atoms with Crippen molar-refractivity contribution in [2.75, 3.05) is 13.9 Å². The molecule has 4 nitrogen and oxygen atoms in total. The number of hydrogen-bond acceptors (Lipinski definition) is 4. The van der Waals surface area contributed by atoms with E-state index < -0.39 is 5.60 Å². The van der Waals surface area contributed by atoms with Crippen molar-refractivity contribution in [3.05, 3.63) is 11.1 Å². The molecule has 4 heteroatoms. The summed E-state index contributed by atoms with van der Waals surface area (Å²) in [5.41, 5.74) is 0.745. The summed E-state index contributed by atoms with van der Waals surface area (Å²) in [7, 11) is 1.54. The first kappa shape index (κ1) is 12.5. The molecule has 0 aromatic rings. The van der Waals surface area contributed by atoms with Gasteiger partial charge in [0.2, 0.25) is 0 Å². The van der Waals surface area contributed by atoms with Gasteiger partial charge in [-0.3, -0.25) is 9.59 Å². The Hall–Kier alpha value is -1.00. The monoisotopic (exact) mass is 238 g/mol. The third-order valence-electron chi connectivity index (χ3n) is 3.77. The summed E-state index contributed by atoms with van der Waals surface area (Å²) >= 11 is 0. The lowest BCUT2D eigenvalue weighted by Crippen LogP contribution is -2.49. The average Bonchev–Trinajstić information content (AvgIpc) is 2.33. The summed E-state index contributed by atoms with van der Waals surface area (Å²) in [4.78, 5) is 23.9. The lowest BCUT2D eigenvalue weighted by atomic mass is 9.70. The minimum absolute atomic E-state index is 0.0940. The zero-order valence-corrected chi connectivity index (χ0v) is 10.4. The molecule has 0 amide bonds. The molecule has 0 aromatic carbocycles. The molecule has 2 aliphatic carbocycles. The quantitative estimate of drug-likeness (QED) is 0.703. The first-order chi connectivity index (χ1) is 8.12. The van der Waals surface area contributed by atoms with Crippen LogP contribution in [-0.4, -0.2) is 31.1 Å². The van der Waals surface area contributed by atoms with Crippen molar-refractivity contribution in [1.29, 1.82) is 0 Å². The van der Waals surface area contributed by atoms with Gasteiger partial charge in [0, 0.05) is 20.0 Å². The van der Waals surface area contributed by atoms with Gasteiger partial charge >= 0.3 is 0 Å². The van der Waals surface area contributed by atoms with Crippen molar-refractivity contribution in [2.45, 2.75) is 44.6 Å². The number of hydrogen-bond donors (Lipinski definition) is 0. The highest BCUT2D eigenvalue weighted by Crippen LogP contribution is 2.42. The Labute approximate surface area is 101 Å². The number of fused-ring (bicyclic) bond motifs is 1. The van der Waals surface area contributed by atoms with Gasteiger partial charge in [-0.1, -0.05) is 0 Å². The van der Waals surface area contributed by atoms with Crippen molar-refractivity contribution < 1.29 is 19.1 Å². The molecule has 2 rings (SSSR count). The Bertz CT molecular complexity index is 383. The van der Waals surface area contributed by atoms with Crippen LogP contribution in [-0.2, 0) is 19.1 Å². The van der Waals surface area contributed by atoms with Crippen LogP contribution in [0.5, 0.6) is 0 Å². The molecule has 1 fully saturated rings. The molecular weight excluding hydrogens is 220 g/mol. The van der Waals surface area contributed by atoms with Crippen LogP contribution in [0.15, 0.2) is 11.1 Å². The van der Waals surface area contributed by atoms with Crippen LogP contribution in [0.25, 0.3) is 0 Å². The van der Waals surface area contributed by atoms with Crippen molar-refractivity contribution in [1.82, 2.24) is 0 Å². The standard InChI is InChI=1S/C13H18O4/c1-9-10-4-3-5-12(15)13(10,17-8-16-2)7-6-11(9)14/h3-8H2,1-2H3/t13-/m1/s1. The van der Waals surface area contributed by atoms with E-state index in [1.807, 2.05) is 0 Å².